The molecule has 0 radical (unpaired) electrons. The van der Waals surface area contributed by atoms with Crippen LogP contribution in [0.2, 0.25) is 0 Å². The summed E-state index contributed by atoms with van der Waals surface area (Å²) < 4.78 is 31.5. The van der Waals surface area contributed by atoms with Gasteiger partial charge in [-0.2, -0.15) is 0 Å². The van der Waals surface area contributed by atoms with E-state index in [-0.39, 0.29) is 35.1 Å². The number of hydrogen-bond acceptors (Lipinski definition) is 5. The molecule has 0 unspecified atom stereocenters. The highest BCUT2D eigenvalue weighted by atomic mass is 32.2. The maximum absolute atomic E-state index is 12.1. The maximum Gasteiger partial charge on any atom is 0.340 e. The zero-order valence-electron chi connectivity index (χ0n) is 10.8. The number of carboxylic acids is 1. The van der Waals surface area contributed by atoms with E-state index in [1.54, 1.807) is 0 Å². The van der Waals surface area contributed by atoms with Crippen LogP contribution < -0.4 is 4.72 Å². The van der Waals surface area contributed by atoms with E-state index in [1.807, 2.05) is 0 Å². The average Bonchev–Trinajstić information content (AvgIpc) is 2.60. The number of hydrogen-bond donors (Lipinski definition) is 3. The van der Waals surface area contributed by atoms with Crippen molar-refractivity contribution in [2.24, 2.45) is 0 Å². The van der Waals surface area contributed by atoms with Crippen molar-refractivity contribution in [1.82, 2.24) is 4.72 Å². The van der Waals surface area contributed by atoms with Crippen LogP contribution in [0.15, 0.2) is 9.31 Å². The smallest absolute Gasteiger partial charge is 0.340 e. The molecule has 0 amide bonds. The van der Waals surface area contributed by atoms with Crippen LogP contribution in [0.4, 0.5) is 0 Å². The average molecular weight is 291 g/mol. The Bertz CT molecular complexity index is 560. The highest BCUT2D eigenvalue weighted by molar-refractivity contribution is 7.89. The van der Waals surface area contributed by atoms with Crippen LogP contribution in [0.5, 0.6) is 0 Å². The van der Waals surface area contributed by atoms with Crippen molar-refractivity contribution in [3.8, 4) is 0 Å². The number of carbonyl (C=O) groups is 1. The molecule has 0 aromatic carbocycles. The predicted molar refractivity (Wildman–Crippen MR) is 66.6 cm³/mol. The molecule has 8 heteroatoms. The monoisotopic (exact) mass is 291 g/mol. The second-order valence-corrected chi connectivity index (χ2v) is 5.76. The van der Waals surface area contributed by atoms with E-state index in [0.29, 0.717) is 12.8 Å². The zero-order chi connectivity index (χ0) is 14.6. The molecule has 0 aliphatic rings. The van der Waals surface area contributed by atoms with Crippen molar-refractivity contribution in [3.63, 3.8) is 0 Å². The summed E-state index contributed by atoms with van der Waals surface area (Å²) in [6.45, 7) is 2.92. The number of unbranched alkanes of at least 4 members (excludes halogenated alkanes) is 1. The molecule has 7 nitrogen and oxygen atoms in total. The summed E-state index contributed by atoms with van der Waals surface area (Å²) in [5, 5.41) is 17.7. The standard InChI is InChI=1S/C11H17NO6S/c1-7-9(11(14)15)10(8(2)18-7)19(16,17)12-5-3-4-6-13/h12-13H,3-6H2,1-2H3,(H,14,15). The second-order valence-electron chi connectivity index (χ2n) is 4.05. The first kappa shape index (κ1) is 15.7. The number of aliphatic hydroxyl groups is 1. The molecular formula is C11H17NO6S. The summed E-state index contributed by atoms with van der Waals surface area (Å²) in [6.07, 6.45) is 0.936. The Morgan fingerprint density at radius 2 is 1.89 bits per heavy atom. The Hall–Kier alpha value is -1.38. The SMILES string of the molecule is Cc1oc(C)c(S(=O)(=O)NCCCCO)c1C(=O)O. The van der Waals surface area contributed by atoms with Crippen LogP contribution in [0, 0.1) is 13.8 Å². The van der Waals surface area contributed by atoms with Gasteiger partial charge < -0.3 is 14.6 Å². The number of sulfonamides is 1. The van der Waals surface area contributed by atoms with E-state index in [0.717, 1.165) is 0 Å². The number of furan rings is 1. The minimum absolute atomic E-state index is 0.0219. The number of aryl methyl sites for hydroxylation is 2. The molecule has 0 bridgehead atoms. The lowest BCUT2D eigenvalue weighted by atomic mass is 10.2. The van der Waals surface area contributed by atoms with E-state index in [4.69, 9.17) is 14.6 Å². The fourth-order valence-corrected chi connectivity index (χ4v) is 3.23. The lowest BCUT2D eigenvalue weighted by Gasteiger charge is -2.06. The Labute approximate surface area is 111 Å². The second kappa shape index (κ2) is 6.18. The van der Waals surface area contributed by atoms with Crippen molar-refractivity contribution in [2.75, 3.05) is 13.2 Å². The highest BCUT2D eigenvalue weighted by Gasteiger charge is 2.30. The third kappa shape index (κ3) is 3.55. The molecule has 0 fully saturated rings. The normalized spacial score (nSPS) is 11.7. The minimum atomic E-state index is -3.93. The fraction of sp³-hybridized carbons (Fsp3) is 0.545. The number of aliphatic hydroxyl groups excluding tert-OH is 1. The van der Waals surface area contributed by atoms with Gasteiger partial charge in [0.15, 0.2) is 0 Å². The van der Waals surface area contributed by atoms with Gasteiger partial charge in [0, 0.05) is 13.2 Å². The molecule has 0 aliphatic carbocycles. The first-order valence-corrected chi connectivity index (χ1v) is 7.23. The number of nitrogens with one attached hydrogen (secondary N) is 1. The molecule has 0 aliphatic heterocycles. The quantitative estimate of drug-likeness (QED) is 0.635. The van der Waals surface area contributed by atoms with E-state index >= 15 is 0 Å². The van der Waals surface area contributed by atoms with Crippen molar-refractivity contribution in [1.29, 1.82) is 0 Å². The van der Waals surface area contributed by atoms with E-state index in [2.05, 4.69) is 4.72 Å². The number of aromatic carboxylic acids is 1. The van der Waals surface area contributed by atoms with Crippen LogP contribution in [-0.2, 0) is 10.0 Å². The highest BCUT2D eigenvalue weighted by Crippen LogP contribution is 2.26. The van der Waals surface area contributed by atoms with E-state index < -0.39 is 16.0 Å². The summed E-state index contributed by atoms with van der Waals surface area (Å²) in [5.74, 6) is -1.24. The lowest BCUT2D eigenvalue weighted by molar-refractivity contribution is 0.0691. The van der Waals surface area contributed by atoms with Crippen molar-refractivity contribution < 1.29 is 27.8 Å². The van der Waals surface area contributed by atoms with Gasteiger partial charge in [-0.05, 0) is 26.7 Å². The summed E-state index contributed by atoms with van der Waals surface area (Å²) in [7, 11) is -3.93. The molecule has 0 spiro atoms. The lowest BCUT2D eigenvalue weighted by Crippen LogP contribution is -2.26. The Morgan fingerprint density at radius 1 is 1.26 bits per heavy atom. The number of rotatable bonds is 7. The van der Waals surface area contributed by atoms with Gasteiger partial charge in [0.1, 0.15) is 22.0 Å². The Balaban J connectivity index is 3.04. The van der Waals surface area contributed by atoms with Crippen molar-refractivity contribution >= 4 is 16.0 Å². The summed E-state index contributed by atoms with van der Waals surface area (Å²) in [5.41, 5.74) is -0.341. The van der Waals surface area contributed by atoms with Gasteiger partial charge in [0.2, 0.25) is 10.0 Å². The minimum Gasteiger partial charge on any atom is -0.478 e. The molecular weight excluding hydrogens is 274 g/mol. The molecule has 1 aromatic rings. The molecule has 1 rings (SSSR count). The van der Waals surface area contributed by atoms with E-state index in [1.165, 1.54) is 13.8 Å². The molecule has 0 atom stereocenters. The van der Waals surface area contributed by atoms with Crippen LogP contribution in [-0.4, -0.2) is 37.8 Å². The first-order chi connectivity index (χ1) is 8.81. The molecule has 108 valence electrons. The molecule has 0 saturated carbocycles. The third-order valence-electron chi connectivity index (χ3n) is 2.56. The molecule has 0 saturated heterocycles. The summed E-state index contributed by atoms with van der Waals surface area (Å²) in [6, 6.07) is 0. The van der Waals surface area contributed by atoms with Crippen LogP contribution in [0.25, 0.3) is 0 Å². The molecule has 1 heterocycles. The van der Waals surface area contributed by atoms with Crippen molar-refractivity contribution in [2.45, 2.75) is 31.6 Å². The molecule has 19 heavy (non-hydrogen) atoms. The van der Waals surface area contributed by atoms with Gasteiger partial charge in [-0.3, -0.25) is 0 Å². The van der Waals surface area contributed by atoms with Crippen LogP contribution in [0.3, 0.4) is 0 Å². The zero-order valence-corrected chi connectivity index (χ0v) is 11.6. The van der Waals surface area contributed by atoms with Gasteiger partial charge >= 0.3 is 5.97 Å². The predicted octanol–water partition coefficient (Wildman–Crippen LogP) is 0.645. The summed E-state index contributed by atoms with van der Waals surface area (Å²) in [4.78, 5) is 10.8. The third-order valence-corrected chi connectivity index (χ3v) is 4.18. The fourth-order valence-electron chi connectivity index (χ4n) is 1.75. The molecule has 3 N–H and O–H groups in total. The van der Waals surface area contributed by atoms with Crippen LogP contribution in [0.1, 0.15) is 34.7 Å². The van der Waals surface area contributed by atoms with Gasteiger partial charge in [0.25, 0.3) is 0 Å². The van der Waals surface area contributed by atoms with Gasteiger partial charge in [0.05, 0.1) is 0 Å². The van der Waals surface area contributed by atoms with Gasteiger partial charge in [-0.25, -0.2) is 17.9 Å². The summed E-state index contributed by atoms with van der Waals surface area (Å²) >= 11 is 0. The molecule has 1 aromatic heterocycles. The van der Waals surface area contributed by atoms with Crippen LogP contribution >= 0.6 is 0 Å². The van der Waals surface area contributed by atoms with Crippen molar-refractivity contribution in [3.05, 3.63) is 17.1 Å². The van der Waals surface area contributed by atoms with Gasteiger partial charge in [-0.15, -0.1) is 0 Å². The largest absolute Gasteiger partial charge is 0.478 e. The topological polar surface area (TPSA) is 117 Å². The Morgan fingerprint density at radius 3 is 2.42 bits per heavy atom. The first-order valence-electron chi connectivity index (χ1n) is 5.75. The number of carboxylic acid groups (broad SMARTS) is 1. The Kier molecular flexibility index (Phi) is 5.10. The maximum atomic E-state index is 12.1. The van der Waals surface area contributed by atoms with Gasteiger partial charge in [-0.1, -0.05) is 0 Å². The van der Waals surface area contributed by atoms with E-state index in [9.17, 15) is 13.2 Å².